The second-order valence-electron chi connectivity index (χ2n) is 7.32. The number of nitrogens with zero attached hydrogens (tertiary/aromatic N) is 3. The summed E-state index contributed by atoms with van der Waals surface area (Å²) in [6, 6.07) is 0.928. The third-order valence-corrected chi connectivity index (χ3v) is 8.60. The van der Waals surface area contributed by atoms with Crippen LogP contribution in [0.25, 0.3) is 0 Å². The van der Waals surface area contributed by atoms with Crippen LogP contribution in [-0.2, 0) is 13.3 Å². The van der Waals surface area contributed by atoms with E-state index in [1.54, 1.807) is 0 Å². The first-order valence-corrected chi connectivity index (χ1v) is 12.7. The second-order valence-corrected chi connectivity index (χ2v) is 10.0. The van der Waals surface area contributed by atoms with Gasteiger partial charge in [0.1, 0.15) is 0 Å². The molecule has 2 fully saturated rings. The molecule has 2 rings (SSSR count). The largest absolute Gasteiger partial charge is 0.500 e. The first-order chi connectivity index (χ1) is 12.7. The number of rotatable bonds is 13. The molecule has 7 heteroatoms. The molecule has 0 spiro atoms. The standard InChI is InChI=1S/C19H41N3O3Si/c1-4-23-26(24-5-2,25-6-3)19-9-12-21-14-17-22(18-15-21)16-13-20-10-7-8-11-20/h4-19H2,1-3H3. The molecule has 0 radical (unpaired) electrons. The van der Waals surface area contributed by atoms with Crippen molar-refractivity contribution >= 4 is 8.80 Å². The van der Waals surface area contributed by atoms with Gasteiger partial charge >= 0.3 is 8.80 Å². The molecule has 0 amide bonds. The first kappa shape index (κ1) is 22.3. The monoisotopic (exact) mass is 387 g/mol. The summed E-state index contributed by atoms with van der Waals surface area (Å²) in [4.78, 5) is 7.84. The lowest BCUT2D eigenvalue weighted by molar-refractivity contribution is 0.0685. The number of piperazine rings is 1. The van der Waals surface area contributed by atoms with Gasteiger partial charge < -0.3 is 23.1 Å². The SMILES string of the molecule is CCO[Si](CCCN1CCN(CCN2CCCC2)CC1)(OCC)OCC. The van der Waals surface area contributed by atoms with Crippen LogP contribution in [0.5, 0.6) is 0 Å². The number of likely N-dealkylation sites (tertiary alicyclic amines) is 1. The summed E-state index contributed by atoms with van der Waals surface area (Å²) in [6.45, 7) is 19.1. The minimum Gasteiger partial charge on any atom is -0.374 e. The van der Waals surface area contributed by atoms with Crippen LogP contribution in [0.3, 0.4) is 0 Å². The summed E-state index contributed by atoms with van der Waals surface area (Å²) in [6.07, 6.45) is 3.88. The third-order valence-electron chi connectivity index (χ3n) is 5.45. The molecule has 2 aliphatic rings. The highest BCUT2D eigenvalue weighted by molar-refractivity contribution is 6.60. The average Bonchev–Trinajstić information content (AvgIpc) is 3.15. The van der Waals surface area contributed by atoms with E-state index in [4.69, 9.17) is 13.3 Å². The Morgan fingerprint density at radius 1 is 0.615 bits per heavy atom. The Labute approximate surface area is 162 Å². The summed E-state index contributed by atoms with van der Waals surface area (Å²) in [5.74, 6) is 0. The van der Waals surface area contributed by atoms with Gasteiger partial charge in [-0.15, -0.1) is 0 Å². The van der Waals surface area contributed by atoms with Gasteiger partial charge in [0, 0.05) is 65.1 Å². The van der Waals surface area contributed by atoms with Crippen LogP contribution in [0.4, 0.5) is 0 Å². The highest BCUT2D eigenvalue weighted by Gasteiger charge is 2.39. The Morgan fingerprint density at radius 3 is 1.50 bits per heavy atom. The maximum atomic E-state index is 5.96. The lowest BCUT2D eigenvalue weighted by Gasteiger charge is -2.36. The van der Waals surface area contributed by atoms with Crippen LogP contribution >= 0.6 is 0 Å². The number of hydrogen-bond donors (Lipinski definition) is 0. The fourth-order valence-corrected chi connectivity index (χ4v) is 6.64. The minimum absolute atomic E-state index is 0.669. The molecule has 2 heterocycles. The van der Waals surface area contributed by atoms with Crippen molar-refractivity contribution in [2.45, 2.75) is 46.1 Å². The Bertz CT molecular complexity index is 345. The van der Waals surface area contributed by atoms with Gasteiger partial charge in [-0.2, -0.15) is 0 Å². The lowest BCUT2D eigenvalue weighted by Crippen LogP contribution is -2.49. The second kappa shape index (κ2) is 12.4. The van der Waals surface area contributed by atoms with Crippen LogP contribution in [0, 0.1) is 0 Å². The Kier molecular flexibility index (Phi) is 10.7. The molecule has 154 valence electrons. The van der Waals surface area contributed by atoms with Crippen LogP contribution in [0.2, 0.25) is 6.04 Å². The van der Waals surface area contributed by atoms with Crippen molar-refractivity contribution in [3.63, 3.8) is 0 Å². The average molecular weight is 388 g/mol. The maximum Gasteiger partial charge on any atom is 0.500 e. The predicted octanol–water partition coefficient (Wildman–Crippen LogP) is 2.14. The molecule has 0 saturated carbocycles. The number of hydrogen-bond acceptors (Lipinski definition) is 6. The smallest absolute Gasteiger partial charge is 0.374 e. The minimum atomic E-state index is -2.46. The van der Waals surface area contributed by atoms with Gasteiger partial charge in [0.25, 0.3) is 0 Å². The summed E-state index contributed by atoms with van der Waals surface area (Å²) in [5.41, 5.74) is 0. The van der Waals surface area contributed by atoms with E-state index < -0.39 is 8.80 Å². The first-order valence-electron chi connectivity index (χ1n) is 10.8. The van der Waals surface area contributed by atoms with E-state index in [0.717, 1.165) is 19.0 Å². The van der Waals surface area contributed by atoms with Crippen LogP contribution < -0.4 is 0 Å². The fraction of sp³-hybridized carbons (Fsp3) is 1.00. The quantitative estimate of drug-likeness (QED) is 0.451. The maximum absolute atomic E-state index is 5.96. The summed E-state index contributed by atoms with van der Waals surface area (Å²) in [7, 11) is -2.46. The molecule has 0 aromatic carbocycles. The Balaban J connectivity index is 1.63. The molecule has 0 unspecified atom stereocenters. The highest BCUT2D eigenvalue weighted by Crippen LogP contribution is 2.19. The van der Waals surface area contributed by atoms with Gasteiger partial charge in [-0.25, -0.2) is 0 Å². The molecule has 6 nitrogen and oxygen atoms in total. The van der Waals surface area contributed by atoms with Crippen LogP contribution in [0.1, 0.15) is 40.0 Å². The molecule has 0 aromatic rings. The molecule has 0 bridgehead atoms. The molecular weight excluding hydrogens is 346 g/mol. The molecule has 0 atom stereocenters. The van der Waals surface area contributed by atoms with Crippen molar-refractivity contribution < 1.29 is 13.3 Å². The van der Waals surface area contributed by atoms with E-state index in [1.165, 1.54) is 65.2 Å². The lowest BCUT2D eigenvalue weighted by atomic mass is 10.3. The van der Waals surface area contributed by atoms with E-state index >= 15 is 0 Å². The zero-order valence-electron chi connectivity index (χ0n) is 17.4. The van der Waals surface area contributed by atoms with Gasteiger partial charge in [0.2, 0.25) is 0 Å². The normalized spacial score (nSPS) is 20.9. The van der Waals surface area contributed by atoms with E-state index in [2.05, 4.69) is 14.7 Å². The molecule has 0 N–H and O–H groups in total. The van der Waals surface area contributed by atoms with E-state index in [0.29, 0.717) is 19.8 Å². The molecule has 26 heavy (non-hydrogen) atoms. The fourth-order valence-electron chi connectivity index (χ4n) is 4.05. The van der Waals surface area contributed by atoms with Crippen LogP contribution in [0.15, 0.2) is 0 Å². The van der Waals surface area contributed by atoms with Gasteiger partial charge in [-0.3, -0.25) is 4.90 Å². The summed E-state index contributed by atoms with van der Waals surface area (Å²) < 4.78 is 17.9. The molecule has 2 aliphatic heterocycles. The van der Waals surface area contributed by atoms with Crippen LogP contribution in [-0.4, -0.2) is 102 Å². The van der Waals surface area contributed by atoms with Gasteiger partial charge in [0.15, 0.2) is 0 Å². The van der Waals surface area contributed by atoms with Crippen molar-refractivity contribution in [1.82, 2.24) is 14.7 Å². The topological polar surface area (TPSA) is 37.4 Å². The van der Waals surface area contributed by atoms with Gasteiger partial charge in [-0.1, -0.05) is 0 Å². The molecule has 0 aromatic heterocycles. The molecular formula is C19H41N3O3Si. The van der Waals surface area contributed by atoms with E-state index in [9.17, 15) is 0 Å². The van der Waals surface area contributed by atoms with E-state index in [1.807, 2.05) is 20.8 Å². The van der Waals surface area contributed by atoms with Crippen molar-refractivity contribution in [2.75, 3.05) is 78.7 Å². The molecule has 2 saturated heterocycles. The van der Waals surface area contributed by atoms with Crippen molar-refractivity contribution in [3.05, 3.63) is 0 Å². The Hall–Kier alpha value is -0.0231. The summed E-state index contributed by atoms with van der Waals surface area (Å²) >= 11 is 0. The van der Waals surface area contributed by atoms with E-state index in [-0.39, 0.29) is 0 Å². The van der Waals surface area contributed by atoms with Gasteiger partial charge in [0.05, 0.1) is 0 Å². The van der Waals surface area contributed by atoms with Crippen molar-refractivity contribution in [3.8, 4) is 0 Å². The predicted molar refractivity (Wildman–Crippen MR) is 109 cm³/mol. The Morgan fingerprint density at radius 2 is 1.04 bits per heavy atom. The zero-order chi connectivity index (χ0) is 18.7. The van der Waals surface area contributed by atoms with Crippen molar-refractivity contribution in [2.24, 2.45) is 0 Å². The zero-order valence-corrected chi connectivity index (χ0v) is 18.4. The molecule has 0 aliphatic carbocycles. The summed E-state index contributed by atoms with van der Waals surface area (Å²) in [5, 5.41) is 0. The highest BCUT2D eigenvalue weighted by atomic mass is 28.4. The third kappa shape index (κ3) is 7.54. The van der Waals surface area contributed by atoms with Gasteiger partial charge in [-0.05, 0) is 59.7 Å². The van der Waals surface area contributed by atoms with Crippen molar-refractivity contribution in [1.29, 1.82) is 0 Å².